The van der Waals surface area contributed by atoms with Gasteiger partial charge in [-0.1, -0.05) is 18.0 Å². The first-order chi connectivity index (χ1) is 14.4. The maximum absolute atomic E-state index is 13.0. The number of hydrogen-bond acceptors (Lipinski definition) is 3. The molecule has 2 atom stereocenters. The van der Waals surface area contributed by atoms with Crippen molar-refractivity contribution in [2.45, 2.75) is 50.5 Å². The molecule has 1 N–H and O–H groups in total. The van der Waals surface area contributed by atoms with Crippen molar-refractivity contribution < 1.29 is 31.1 Å². The summed E-state index contributed by atoms with van der Waals surface area (Å²) in [4.78, 5) is 19.7. The van der Waals surface area contributed by atoms with Crippen molar-refractivity contribution in [3.8, 4) is 0 Å². The zero-order valence-electron chi connectivity index (χ0n) is 16.6. The fourth-order valence-electron chi connectivity index (χ4n) is 4.03. The fourth-order valence-corrected chi connectivity index (χ4v) is 4.32. The molecule has 1 aromatic heterocycles. The zero-order chi connectivity index (χ0) is 22.8. The van der Waals surface area contributed by atoms with Crippen molar-refractivity contribution >= 4 is 23.4 Å². The number of halogens is 7. The average molecular weight is 473 g/mol. The van der Waals surface area contributed by atoms with Crippen LogP contribution in [-0.2, 0) is 6.18 Å². The summed E-state index contributed by atoms with van der Waals surface area (Å²) in [7, 11) is 0. The van der Waals surface area contributed by atoms with Gasteiger partial charge < -0.3 is 15.1 Å². The third-order valence-electron chi connectivity index (χ3n) is 5.70. The van der Waals surface area contributed by atoms with Gasteiger partial charge in [0.1, 0.15) is 5.82 Å². The molecule has 2 amide bonds. The molecular weight excluding hydrogens is 450 g/mol. The summed E-state index contributed by atoms with van der Waals surface area (Å²) in [5.74, 6) is -1.20. The van der Waals surface area contributed by atoms with Crippen LogP contribution in [0.3, 0.4) is 0 Å². The van der Waals surface area contributed by atoms with Gasteiger partial charge in [-0.25, -0.2) is 9.78 Å². The van der Waals surface area contributed by atoms with Crippen molar-refractivity contribution in [1.82, 2.24) is 15.2 Å². The van der Waals surface area contributed by atoms with E-state index in [2.05, 4.69) is 10.3 Å². The van der Waals surface area contributed by atoms with Crippen molar-refractivity contribution in [2.24, 2.45) is 5.92 Å². The fraction of sp³-hybridized carbons (Fsp3) is 0.684. The molecule has 1 aliphatic carbocycles. The van der Waals surface area contributed by atoms with Crippen molar-refractivity contribution in [3.05, 3.63) is 22.8 Å². The number of aromatic nitrogens is 1. The van der Waals surface area contributed by atoms with Gasteiger partial charge in [0, 0.05) is 38.4 Å². The molecule has 5 nitrogen and oxygen atoms in total. The minimum Gasteiger partial charge on any atom is -0.354 e. The van der Waals surface area contributed by atoms with Crippen molar-refractivity contribution in [1.29, 1.82) is 0 Å². The Hall–Kier alpha value is -1.91. The first-order valence-electron chi connectivity index (χ1n) is 10.0. The number of anilines is 1. The summed E-state index contributed by atoms with van der Waals surface area (Å²) in [6, 6.07) is -0.140. The monoisotopic (exact) mass is 472 g/mol. The molecule has 2 aliphatic rings. The van der Waals surface area contributed by atoms with Gasteiger partial charge in [-0.05, 0) is 31.7 Å². The lowest BCUT2D eigenvalue weighted by Gasteiger charge is -2.32. The summed E-state index contributed by atoms with van der Waals surface area (Å²) in [5, 5.41) is 2.58. The Morgan fingerprint density at radius 3 is 2.45 bits per heavy atom. The number of pyridine rings is 1. The minimum absolute atomic E-state index is 0.0788. The largest absolute Gasteiger partial charge is 0.417 e. The number of carbonyl (C=O) groups excluding carboxylic acids is 1. The topological polar surface area (TPSA) is 48.5 Å². The third kappa shape index (κ3) is 6.08. The van der Waals surface area contributed by atoms with E-state index in [0.29, 0.717) is 38.9 Å². The van der Waals surface area contributed by atoms with Crippen LogP contribution in [0.1, 0.15) is 37.7 Å². The Morgan fingerprint density at radius 1 is 1.06 bits per heavy atom. The number of nitrogens with zero attached hydrogens (tertiary/aromatic N) is 3. The Balaban J connectivity index is 1.58. The normalized spacial score (nSPS) is 23.5. The molecule has 2 fully saturated rings. The van der Waals surface area contributed by atoms with Gasteiger partial charge >= 0.3 is 18.4 Å². The summed E-state index contributed by atoms with van der Waals surface area (Å²) in [6.07, 6.45) is -6.72. The second-order valence-corrected chi connectivity index (χ2v) is 8.31. The molecule has 174 valence electrons. The van der Waals surface area contributed by atoms with Crippen molar-refractivity contribution in [3.63, 3.8) is 0 Å². The second-order valence-electron chi connectivity index (χ2n) is 7.91. The van der Waals surface area contributed by atoms with Gasteiger partial charge in [0.15, 0.2) is 0 Å². The van der Waals surface area contributed by atoms with Crippen LogP contribution in [0.15, 0.2) is 12.3 Å². The van der Waals surface area contributed by atoms with E-state index in [4.69, 9.17) is 11.6 Å². The average Bonchev–Trinajstić information content (AvgIpc) is 2.93. The molecule has 0 spiro atoms. The third-order valence-corrected chi connectivity index (χ3v) is 5.97. The van der Waals surface area contributed by atoms with Crippen LogP contribution in [0.5, 0.6) is 0 Å². The van der Waals surface area contributed by atoms with Crippen molar-refractivity contribution in [2.75, 3.05) is 31.1 Å². The predicted molar refractivity (Wildman–Crippen MR) is 103 cm³/mol. The molecule has 0 unspecified atom stereocenters. The number of amides is 2. The van der Waals surface area contributed by atoms with Gasteiger partial charge in [0.05, 0.1) is 16.5 Å². The molecule has 1 saturated heterocycles. The van der Waals surface area contributed by atoms with Crippen LogP contribution < -0.4 is 10.2 Å². The van der Waals surface area contributed by atoms with E-state index in [1.807, 2.05) is 0 Å². The van der Waals surface area contributed by atoms with E-state index in [9.17, 15) is 31.1 Å². The van der Waals surface area contributed by atoms with Crippen LogP contribution in [0, 0.1) is 5.92 Å². The Labute approximate surface area is 180 Å². The van der Waals surface area contributed by atoms with E-state index < -0.39 is 35.9 Å². The van der Waals surface area contributed by atoms with Gasteiger partial charge in [-0.2, -0.15) is 26.3 Å². The molecule has 2 heterocycles. The van der Waals surface area contributed by atoms with Gasteiger partial charge in [-0.15, -0.1) is 0 Å². The lowest BCUT2D eigenvalue weighted by molar-refractivity contribution is -0.183. The molecule has 3 rings (SSSR count). The molecule has 0 aromatic carbocycles. The molecule has 1 aromatic rings. The van der Waals surface area contributed by atoms with Crippen LogP contribution in [0.25, 0.3) is 0 Å². The number of hydrogen-bond donors (Lipinski definition) is 1. The van der Waals surface area contributed by atoms with Crippen LogP contribution in [0.2, 0.25) is 5.02 Å². The maximum Gasteiger partial charge on any atom is 0.417 e. The summed E-state index contributed by atoms with van der Waals surface area (Å²) < 4.78 is 77.3. The zero-order valence-corrected chi connectivity index (χ0v) is 17.3. The number of urea groups is 1. The summed E-state index contributed by atoms with van der Waals surface area (Å²) in [5.41, 5.74) is -0.943. The van der Waals surface area contributed by atoms with Gasteiger partial charge in [0.2, 0.25) is 0 Å². The van der Waals surface area contributed by atoms with E-state index in [-0.39, 0.29) is 30.2 Å². The Morgan fingerprint density at radius 2 is 1.81 bits per heavy atom. The number of carbonyl (C=O) groups is 1. The molecular formula is C19H23ClF6N4O. The number of nitrogens with one attached hydrogen (secondary N) is 1. The second kappa shape index (κ2) is 9.30. The van der Waals surface area contributed by atoms with E-state index in [1.54, 1.807) is 4.90 Å². The standard InChI is InChI=1S/C19H23ClF6N4O/c20-15-10-13(19(24,25)26)11-27-16(15)29-5-2-6-30(8-7-29)17(31)28-14-4-1-3-12(9-14)18(21,22)23/h10-12,14H,1-9H2,(H,28,31)/t12-,14+/m0/s1. The van der Waals surface area contributed by atoms with Crippen LogP contribution in [0.4, 0.5) is 37.0 Å². The first-order valence-corrected chi connectivity index (χ1v) is 10.4. The van der Waals surface area contributed by atoms with E-state index in [0.717, 1.165) is 12.3 Å². The highest BCUT2D eigenvalue weighted by molar-refractivity contribution is 6.33. The Bertz CT molecular complexity index is 788. The first kappa shape index (κ1) is 23.7. The van der Waals surface area contributed by atoms with E-state index >= 15 is 0 Å². The lowest BCUT2D eigenvalue weighted by Crippen LogP contribution is -2.48. The molecule has 0 bridgehead atoms. The lowest BCUT2D eigenvalue weighted by atomic mass is 9.85. The summed E-state index contributed by atoms with van der Waals surface area (Å²) >= 11 is 6.01. The molecule has 1 aliphatic heterocycles. The van der Waals surface area contributed by atoms with Gasteiger partial charge in [-0.3, -0.25) is 0 Å². The molecule has 31 heavy (non-hydrogen) atoms. The van der Waals surface area contributed by atoms with E-state index in [1.165, 1.54) is 4.90 Å². The Kier molecular flexibility index (Phi) is 7.12. The van der Waals surface area contributed by atoms with Gasteiger partial charge in [0.25, 0.3) is 0 Å². The minimum atomic E-state index is -4.55. The van der Waals surface area contributed by atoms with Crippen LogP contribution >= 0.6 is 11.6 Å². The maximum atomic E-state index is 13.0. The highest BCUT2D eigenvalue weighted by Gasteiger charge is 2.42. The number of alkyl halides is 6. The highest BCUT2D eigenvalue weighted by Crippen LogP contribution is 2.37. The molecule has 1 saturated carbocycles. The molecule has 12 heteroatoms. The summed E-state index contributed by atoms with van der Waals surface area (Å²) in [6.45, 7) is 1.35. The molecule has 0 radical (unpaired) electrons. The quantitative estimate of drug-likeness (QED) is 0.609. The number of rotatable bonds is 2. The smallest absolute Gasteiger partial charge is 0.354 e. The predicted octanol–water partition coefficient (Wildman–Crippen LogP) is 5.10. The highest BCUT2D eigenvalue weighted by atomic mass is 35.5. The van der Waals surface area contributed by atoms with Crippen LogP contribution in [-0.4, -0.2) is 54.3 Å². The SMILES string of the molecule is O=C(N[C@@H]1CCC[C@H](C(F)(F)F)C1)N1CCCN(c2ncc(C(F)(F)F)cc2Cl)CC1.